The standard InChI is InChI=1S/C13H14O3.N2/c1-8-5-9(10-6-11(14)7-10)3-4-12(8)13(15)16-2;1-2/h3-5,10H,6-7H2,1-2H3;. The molecule has 1 aliphatic rings. The fourth-order valence-electron chi connectivity index (χ4n) is 2.01. The number of benzene rings is 1. The molecule has 0 amide bonds. The van der Waals surface area contributed by atoms with Crippen molar-refractivity contribution in [1.82, 2.24) is 0 Å². The SMILES string of the molecule is COC(=O)c1ccc(C2CC(=O)C2)cc1C.N#N. The summed E-state index contributed by atoms with van der Waals surface area (Å²) in [6.45, 7) is 1.89. The van der Waals surface area contributed by atoms with Crippen LogP contribution >= 0.6 is 0 Å². The summed E-state index contributed by atoms with van der Waals surface area (Å²) in [5.41, 5.74) is 2.64. The zero-order chi connectivity index (χ0) is 13.7. The van der Waals surface area contributed by atoms with Gasteiger partial charge in [0, 0.05) is 23.6 Å². The van der Waals surface area contributed by atoms with Crippen LogP contribution in [0.3, 0.4) is 0 Å². The molecule has 0 radical (unpaired) electrons. The highest BCUT2D eigenvalue weighted by molar-refractivity contribution is 5.91. The Bertz CT molecular complexity index is 486. The number of Topliss-reactive ketones (excluding diaryl/α,β-unsaturated/α-hetero) is 1. The molecule has 5 nitrogen and oxygen atoms in total. The molecular formula is C13H14N2O3. The van der Waals surface area contributed by atoms with E-state index < -0.39 is 0 Å². The third-order valence-electron chi connectivity index (χ3n) is 3.08. The maximum Gasteiger partial charge on any atom is 0.338 e. The molecule has 0 unspecified atom stereocenters. The Kier molecular flexibility index (Phi) is 4.55. The summed E-state index contributed by atoms with van der Waals surface area (Å²) < 4.78 is 4.68. The van der Waals surface area contributed by atoms with E-state index in [4.69, 9.17) is 10.8 Å². The fraction of sp³-hybridized carbons (Fsp3) is 0.385. The van der Waals surface area contributed by atoms with Crippen LogP contribution in [-0.4, -0.2) is 18.9 Å². The first-order valence-corrected chi connectivity index (χ1v) is 5.52. The van der Waals surface area contributed by atoms with Crippen LogP contribution in [-0.2, 0) is 9.53 Å². The molecule has 0 aliphatic heterocycles. The van der Waals surface area contributed by atoms with E-state index in [0.29, 0.717) is 30.1 Å². The predicted molar refractivity (Wildman–Crippen MR) is 63.0 cm³/mol. The van der Waals surface area contributed by atoms with Crippen molar-refractivity contribution in [2.45, 2.75) is 25.7 Å². The number of ether oxygens (including phenoxy) is 1. The number of carbonyl (C=O) groups excluding carboxylic acids is 2. The predicted octanol–water partition coefficient (Wildman–Crippen LogP) is 2.26. The molecule has 0 heterocycles. The number of rotatable bonds is 2. The average molecular weight is 246 g/mol. The minimum Gasteiger partial charge on any atom is -0.465 e. The monoisotopic (exact) mass is 246 g/mol. The summed E-state index contributed by atoms with van der Waals surface area (Å²) in [5.74, 6) is 0.353. The Labute approximate surface area is 105 Å². The van der Waals surface area contributed by atoms with Gasteiger partial charge < -0.3 is 4.74 Å². The molecule has 1 aromatic rings. The second-order valence-electron chi connectivity index (χ2n) is 4.21. The summed E-state index contributed by atoms with van der Waals surface area (Å²) in [6, 6.07) is 5.67. The van der Waals surface area contributed by atoms with Gasteiger partial charge >= 0.3 is 5.97 Å². The van der Waals surface area contributed by atoms with Crippen molar-refractivity contribution in [2.75, 3.05) is 7.11 Å². The van der Waals surface area contributed by atoms with Crippen LogP contribution in [0.1, 0.15) is 40.2 Å². The normalized spacial score (nSPS) is 14.1. The van der Waals surface area contributed by atoms with Crippen LogP contribution in [0.4, 0.5) is 0 Å². The molecule has 94 valence electrons. The molecule has 0 bridgehead atoms. The molecule has 2 rings (SSSR count). The summed E-state index contributed by atoms with van der Waals surface area (Å²) >= 11 is 0. The molecule has 1 saturated carbocycles. The minimum atomic E-state index is -0.311. The second kappa shape index (κ2) is 5.92. The summed E-state index contributed by atoms with van der Waals surface area (Å²) in [6.07, 6.45) is 1.27. The maximum absolute atomic E-state index is 11.4. The number of aryl methyl sites for hydroxylation is 1. The van der Waals surface area contributed by atoms with Gasteiger partial charge in [0.25, 0.3) is 0 Å². The first-order valence-electron chi connectivity index (χ1n) is 5.52. The van der Waals surface area contributed by atoms with Gasteiger partial charge in [-0.1, -0.05) is 12.1 Å². The van der Waals surface area contributed by atoms with Gasteiger partial charge in [-0.15, -0.1) is 0 Å². The molecular weight excluding hydrogens is 232 g/mol. The lowest BCUT2D eigenvalue weighted by molar-refractivity contribution is -0.124. The molecule has 18 heavy (non-hydrogen) atoms. The molecule has 1 fully saturated rings. The zero-order valence-electron chi connectivity index (χ0n) is 10.3. The lowest BCUT2D eigenvalue weighted by Gasteiger charge is -2.25. The third-order valence-corrected chi connectivity index (χ3v) is 3.08. The van der Waals surface area contributed by atoms with Gasteiger partial charge in [0.05, 0.1) is 12.7 Å². The topological polar surface area (TPSA) is 90.9 Å². The molecule has 0 saturated heterocycles. The first kappa shape index (κ1) is 13.8. The lowest BCUT2D eigenvalue weighted by Crippen LogP contribution is -2.21. The quantitative estimate of drug-likeness (QED) is 0.589. The van der Waals surface area contributed by atoms with E-state index in [9.17, 15) is 9.59 Å². The van der Waals surface area contributed by atoms with E-state index in [1.165, 1.54) is 7.11 Å². The fourth-order valence-corrected chi connectivity index (χ4v) is 2.01. The van der Waals surface area contributed by atoms with E-state index in [2.05, 4.69) is 4.74 Å². The second-order valence-corrected chi connectivity index (χ2v) is 4.21. The number of methoxy groups -OCH3 is 1. The highest BCUT2D eigenvalue weighted by atomic mass is 16.5. The lowest BCUT2D eigenvalue weighted by atomic mass is 9.78. The average Bonchev–Trinajstić information content (AvgIpc) is 2.36. The van der Waals surface area contributed by atoms with Crippen molar-refractivity contribution in [2.24, 2.45) is 0 Å². The van der Waals surface area contributed by atoms with Crippen molar-refractivity contribution in [3.63, 3.8) is 0 Å². The largest absolute Gasteiger partial charge is 0.465 e. The molecule has 1 aromatic carbocycles. The van der Waals surface area contributed by atoms with Gasteiger partial charge in [-0.2, -0.15) is 0 Å². The Balaban J connectivity index is 0.000000771. The van der Waals surface area contributed by atoms with E-state index in [1.807, 2.05) is 19.1 Å². The van der Waals surface area contributed by atoms with E-state index in [-0.39, 0.29) is 5.97 Å². The zero-order valence-corrected chi connectivity index (χ0v) is 10.3. The molecule has 0 spiro atoms. The van der Waals surface area contributed by atoms with Crippen LogP contribution in [0, 0.1) is 17.7 Å². The summed E-state index contributed by atoms with van der Waals surface area (Å²) in [5, 5.41) is 12.0. The van der Waals surface area contributed by atoms with E-state index in [1.54, 1.807) is 6.07 Å². The third kappa shape index (κ3) is 2.72. The maximum atomic E-state index is 11.4. The van der Waals surface area contributed by atoms with Gasteiger partial charge in [0.15, 0.2) is 0 Å². The summed E-state index contributed by atoms with van der Waals surface area (Å²) in [4.78, 5) is 22.3. The Hall–Kier alpha value is -2.22. The summed E-state index contributed by atoms with van der Waals surface area (Å²) in [7, 11) is 1.38. The number of ketones is 1. The van der Waals surface area contributed by atoms with Gasteiger partial charge in [0.2, 0.25) is 0 Å². The van der Waals surface area contributed by atoms with Gasteiger partial charge in [0.1, 0.15) is 5.78 Å². The highest BCUT2D eigenvalue weighted by Gasteiger charge is 2.28. The number of hydrogen-bond acceptors (Lipinski definition) is 5. The Morgan fingerprint density at radius 1 is 1.33 bits per heavy atom. The van der Waals surface area contributed by atoms with Gasteiger partial charge in [-0.3, -0.25) is 4.79 Å². The minimum absolute atomic E-state index is 0.311. The van der Waals surface area contributed by atoms with Crippen molar-refractivity contribution in [1.29, 1.82) is 10.8 Å². The van der Waals surface area contributed by atoms with Crippen LogP contribution in [0.25, 0.3) is 0 Å². The molecule has 0 N–H and O–H groups in total. The van der Waals surface area contributed by atoms with Gasteiger partial charge in [-0.05, 0) is 30.0 Å². The van der Waals surface area contributed by atoms with Crippen molar-refractivity contribution in [3.05, 3.63) is 34.9 Å². The van der Waals surface area contributed by atoms with Crippen molar-refractivity contribution in [3.8, 4) is 0 Å². The highest BCUT2D eigenvalue weighted by Crippen LogP contribution is 2.34. The van der Waals surface area contributed by atoms with Crippen LogP contribution < -0.4 is 0 Å². The molecule has 0 aromatic heterocycles. The van der Waals surface area contributed by atoms with Crippen LogP contribution in [0.5, 0.6) is 0 Å². The number of esters is 1. The van der Waals surface area contributed by atoms with E-state index >= 15 is 0 Å². The van der Waals surface area contributed by atoms with E-state index in [0.717, 1.165) is 11.1 Å². The van der Waals surface area contributed by atoms with Gasteiger partial charge in [-0.25, -0.2) is 4.79 Å². The first-order chi connectivity index (χ1) is 8.61. The molecule has 1 aliphatic carbocycles. The van der Waals surface area contributed by atoms with Crippen LogP contribution in [0.15, 0.2) is 18.2 Å². The Morgan fingerprint density at radius 2 is 1.94 bits per heavy atom. The Morgan fingerprint density at radius 3 is 2.39 bits per heavy atom. The van der Waals surface area contributed by atoms with Crippen LogP contribution in [0.2, 0.25) is 0 Å². The number of hydrogen-bond donors (Lipinski definition) is 0. The molecule has 5 heteroatoms. The smallest absolute Gasteiger partial charge is 0.338 e. The van der Waals surface area contributed by atoms with Crippen molar-refractivity contribution < 1.29 is 14.3 Å². The number of carbonyl (C=O) groups is 2. The van der Waals surface area contributed by atoms with Crippen molar-refractivity contribution >= 4 is 11.8 Å². The molecule has 0 atom stereocenters. The number of nitrogens with zero attached hydrogens (tertiary/aromatic N) is 2.